The molecule has 0 saturated carbocycles. The van der Waals surface area contributed by atoms with Gasteiger partial charge in [0.1, 0.15) is 0 Å². The highest BCUT2D eigenvalue weighted by molar-refractivity contribution is 4.89. The minimum Gasteiger partial charge on any atom is -0.303 e. The molecule has 0 spiro atoms. The Balaban J connectivity index is 0.000000303. The second-order valence-corrected chi connectivity index (χ2v) is 5.25. The van der Waals surface area contributed by atoms with E-state index >= 15 is 0 Å². The molecule has 0 aromatic carbocycles. The number of likely N-dealkylation sites (tertiary alicyclic amines) is 2. The molecule has 0 amide bonds. The van der Waals surface area contributed by atoms with Crippen molar-refractivity contribution in [1.82, 2.24) is 9.80 Å². The third-order valence-corrected chi connectivity index (χ3v) is 3.81. The molecule has 0 aromatic rings. The van der Waals surface area contributed by atoms with Gasteiger partial charge in [-0.05, 0) is 58.8 Å². The topological polar surface area (TPSA) is 6.48 Å². The first-order chi connectivity index (χ1) is 9.27. The predicted molar refractivity (Wildman–Crippen MR) is 86.4 cm³/mol. The molecular weight excluding hydrogens is 232 g/mol. The van der Waals surface area contributed by atoms with Gasteiger partial charge in [-0.25, -0.2) is 0 Å². The zero-order valence-corrected chi connectivity index (χ0v) is 13.6. The van der Waals surface area contributed by atoms with Crippen LogP contribution in [0.5, 0.6) is 0 Å². The van der Waals surface area contributed by atoms with E-state index in [-0.39, 0.29) is 0 Å². The van der Waals surface area contributed by atoms with E-state index in [1.807, 2.05) is 13.8 Å². The van der Waals surface area contributed by atoms with Crippen molar-refractivity contribution in [3.63, 3.8) is 0 Å². The number of hydrogen-bond donors (Lipinski definition) is 0. The second kappa shape index (κ2) is 12.5. The van der Waals surface area contributed by atoms with Gasteiger partial charge in [-0.1, -0.05) is 33.1 Å². The van der Waals surface area contributed by atoms with Crippen molar-refractivity contribution in [2.45, 2.75) is 65.3 Å². The summed E-state index contributed by atoms with van der Waals surface area (Å²) in [6, 6.07) is 0.912. The largest absolute Gasteiger partial charge is 0.303 e. The first-order valence-electron chi connectivity index (χ1n) is 8.14. The molecule has 0 radical (unpaired) electrons. The van der Waals surface area contributed by atoms with Crippen molar-refractivity contribution in [2.75, 3.05) is 33.2 Å². The fourth-order valence-electron chi connectivity index (χ4n) is 2.75. The van der Waals surface area contributed by atoms with Crippen molar-refractivity contribution in [1.29, 1.82) is 0 Å². The lowest BCUT2D eigenvalue weighted by Gasteiger charge is -2.17. The highest BCUT2D eigenvalue weighted by Crippen LogP contribution is 2.18. The highest BCUT2D eigenvalue weighted by Gasteiger charge is 2.18. The first-order valence-corrected chi connectivity index (χ1v) is 8.14. The summed E-state index contributed by atoms with van der Waals surface area (Å²) in [7, 11) is 2.24. The lowest BCUT2D eigenvalue weighted by atomic mass is 10.1. The Morgan fingerprint density at radius 3 is 2.16 bits per heavy atom. The van der Waals surface area contributed by atoms with Crippen molar-refractivity contribution < 1.29 is 0 Å². The van der Waals surface area contributed by atoms with Crippen LogP contribution in [0.2, 0.25) is 0 Å². The molecule has 1 unspecified atom stereocenters. The first kappa shape index (κ1) is 18.5. The number of nitrogens with zero attached hydrogens (tertiary/aromatic N) is 2. The molecule has 2 aliphatic heterocycles. The Morgan fingerprint density at radius 2 is 1.74 bits per heavy atom. The van der Waals surface area contributed by atoms with Gasteiger partial charge in [0.2, 0.25) is 0 Å². The van der Waals surface area contributed by atoms with Crippen LogP contribution < -0.4 is 0 Å². The monoisotopic (exact) mass is 266 g/mol. The van der Waals surface area contributed by atoms with Gasteiger partial charge in [0.25, 0.3) is 0 Å². The average molecular weight is 266 g/mol. The quantitative estimate of drug-likeness (QED) is 0.720. The average Bonchev–Trinajstić information content (AvgIpc) is 3.07. The molecule has 0 bridgehead atoms. The molecule has 0 aromatic heterocycles. The lowest BCUT2D eigenvalue weighted by Crippen LogP contribution is -2.24. The van der Waals surface area contributed by atoms with E-state index < -0.39 is 0 Å². The fourth-order valence-corrected chi connectivity index (χ4v) is 2.75. The molecular formula is C17H34N2. The van der Waals surface area contributed by atoms with Crippen LogP contribution in [0.4, 0.5) is 0 Å². The Kier molecular flexibility index (Phi) is 12.2. The second-order valence-electron chi connectivity index (χ2n) is 5.25. The van der Waals surface area contributed by atoms with E-state index in [1.54, 1.807) is 0 Å². The highest BCUT2D eigenvalue weighted by atomic mass is 15.1. The Morgan fingerprint density at radius 1 is 1.11 bits per heavy atom. The normalized spacial score (nSPS) is 23.0. The van der Waals surface area contributed by atoms with Gasteiger partial charge < -0.3 is 4.90 Å². The number of rotatable bonds is 3. The summed E-state index contributed by atoms with van der Waals surface area (Å²) < 4.78 is 0. The third kappa shape index (κ3) is 8.29. The minimum absolute atomic E-state index is 0.847. The molecule has 2 nitrogen and oxygen atoms in total. The SMILES string of the molecule is C#CCN1CCCC1.CC.CCCC1CCCN1C. The van der Waals surface area contributed by atoms with Gasteiger partial charge in [0, 0.05) is 6.04 Å². The third-order valence-electron chi connectivity index (χ3n) is 3.81. The molecule has 0 N–H and O–H groups in total. The summed E-state index contributed by atoms with van der Waals surface area (Å²) in [6.45, 7) is 10.9. The van der Waals surface area contributed by atoms with E-state index in [1.165, 1.54) is 58.2 Å². The van der Waals surface area contributed by atoms with E-state index in [2.05, 4.69) is 29.7 Å². The van der Waals surface area contributed by atoms with Crippen LogP contribution in [-0.2, 0) is 0 Å². The molecule has 2 heterocycles. The van der Waals surface area contributed by atoms with Crippen molar-refractivity contribution in [2.24, 2.45) is 0 Å². The van der Waals surface area contributed by atoms with Gasteiger partial charge in [-0.2, -0.15) is 0 Å². The standard InChI is InChI=1S/C8H17N.C7H11N.C2H6/c1-3-5-8-6-4-7-9(8)2;1-2-5-8-6-3-4-7-8;1-2/h8H,3-7H2,1-2H3;1H,3-7H2;1-2H3. The molecule has 2 heteroatoms. The summed E-state index contributed by atoms with van der Waals surface area (Å²) in [5.41, 5.74) is 0. The maximum Gasteiger partial charge on any atom is 0.0598 e. The Labute approximate surface area is 121 Å². The van der Waals surface area contributed by atoms with E-state index in [4.69, 9.17) is 6.42 Å². The van der Waals surface area contributed by atoms with Gasteiger partial charge >= 0.3 is 0 Å². The van der Waals surface area contributed by atoms with Gasteiger partial charge in [0.05, 0.1) is 6.54 Å². The van der Waals surface area contributed by atoms with Gasteiger partial charge in [0.15, 0.2) is 0 Å². The molecule has 19 heavy (non-hydrogen) atoms. The van der Waals surface area contributed by atoms with Crippen LogP contribution >= 0.6 is 0 Å². The van der Waals surface area contributed by atoms with Crippen LogP contribution in [0.25, 0.3) is 0 Å². The predicted octanol–water partition coefficient (Wildman–Crippen LogP) is 3.62. The molecule has 112 valence electrons. The van der Waals surface area contributed by atoms with Crippen LogP contribution in [-0.4, -0.2) is 49.1 Å². The lowest BCUT2D eigenvalue weighted by molar-refractivity contribution is 0.295. The van der Waals surface area contributed by atoms with E-state index in [9.17, 15) is 0 Å². The van der Waals surface area contributed by atoms with Crippen molar-refractivity contribution in [3.05, 3.63) is 0 Å². The summed E-state index contributed by atoms with van der Waals surface area (Å²) in [4.78, 5) is 4.80. The Bertz CT molecular complexity index is 226. The molecule has 1 atom stereocenters. The molecule has 2 saturated heterocycles. The van der Waals surface area contributed by atoms with Gasteiger partial charge in [-0.3, -0.25) is 4.90 Å². The zero-order valence-electron chi connectivity index (χ0n) is 13.6. The molecule has 2 aliphatic rings. The van der Waals surface area contributed by atoms with E-state index in [0.717, 1.165) is 12.6 Å². The Hall–Kier alpha value is -0.520. The number of terminal acetylenes is 1. The van der Waals surface area contributed by atoms with Crippen molar-refractivity contribution >= 4 is 0 Å². The van der Waals surface area contributed by atoms with E-state index in [0.29, 0.717) is 0 Å². The summed E-state index contributed by atoms with van der Waals surface area (Å²) in [6.07, 6.45) is 13.4. The number of hydrogen-bond acceptors (Lipinski definition) is 2. The van der Waals surface area contributed by atoms with Crippen LogP contribution in [0.3, 0.4) is 0 Å². The molecule has 2 fully saturated rings. The van der Waals surface area contributed by atoms with Gasteiger partial charge in [-0.15, -0.1) is 6.42 Å². The maximum absolute atomic E-state index is 5.12. The summed E-state index contributed by atoms with van der Waals surface area (Å²) >= 11 is 0. The maximum atomic E-state index is 5.12. The zero-order chi connectivity index (χ0) is 14.5. The van der Waals surface area contributed by atoms with Crippen LogP contribution in [0.1, 0.15) is 59.3 Å². The van der Waals surface area contributed by atoms with Crippen LogP contribution in [0, 0.1) is 12.3 Å². The fraction of sp³-hybridized carbons (Fsp3) is 0.882. The minimum atomic E-state index is 0.847. The smallest absolute Gasteiger partial charge is 0.0598 e. The molecule has 0 aliphatic carbocycles. The molecule has 2 rings (SSSR count). The van der Waals surface area contributed by atoms with Crippen LogP contribution in [0.15, 0.2) is 0 Å². The summed E-state index contributed by atoms with van der Waals surface area (Å²) in [5, 5.41) is 0. The van der Waals surface area contributed by atoms with Crippen molar-refractivity contribution in [3.8, 4) is 12.3 Å². The summed E-state index contributed by atoms with van der Waals surface area (Å²) in [5.74, 6) is 2.64.